The van der Waals surface area contributed by atoms with Crippen LogP contribution in [0.2, 0.25) is 0 Å². The Hall–Kier alpha value is -1.97. The van der Waals surface area contributed by atoms with Crippen molar-refractivity contribution in [3.8, 4) is 0 Å². The van der Waals surface area contributed by atoms with E-state index in [9.17, 15) is 9.59 Å². The maximum absolute atomic E-state index is 11.6. The van der Waals surface area contributed by atoms with Crippen LogP contribution in [0.15, 0.2) is 30.1 Å². The second-order valence-electron chi connectivity index (χ2n) is 3.98. The maximum atomic E-state index is 11.6. The first kappa shape index (κ1) is 14.1. The third-order valence-electron chi connectivity index (χ3n) is 2.52. The van der Waals surface area contributed by atoms with E-state index in [1.165, 1.54) is 6.20 Å². The van der Waals surface area contributed by atoms with Crippen LogP contribution in [0.3, 0.4) is 0 Å². The minimum Gasteiger partial charge on any atom is -0.346 e. The minimum atomic E-state index is -0.151. The fourth-order valence-corrected chi connectivity index (χ4v) is 1.40. The first-order chi connectivity index (χ1) is 8.58. The smallest absolute Gasteiger partial charge is 0.167 e. The van der Waals surface area contributed by atoms with E-state index in [-0.39, 0.29) is 17.1 Å². The molecular weight excluding hydrogens is 228 g/mol. The van der Waals surface area contributed by atoms with Crippen molar-refractivity contribution in [2.75, 3.05) is 5.32 Å². The van der Waals surface area contributed by atoms with Crippen LogP contribution in [0.1, 0.15) is 32.3 Å². The van der Waals surface area contributed by atoms with Crippen LogP contribution in [0.5, 0.6) is 0 Å². The number of hydrogen-bond donors (Lipinski definition) is 1. The average Bonchev–Trinajstić information content (AvgIpc) is 2.40. The van der Waals surface area contributed by atoms with Crippen LogP contribution >= 0.6 is 0 Å². The summed E-state index contributed by atoms with van der Waals surface area (Å²) in [6.45, 7) is 5.42. The summed E-state index contributed by atoms with van der Waals surface area (Å²) in [6.07, 6.45) is 3.82. The predicted octanol–water partition coefficient (Wildman–Crippen LogP) is 2.64. The van der Waals surface area contributed by atoms with Gasteiger partial charge in [0.2, 0.25) is 0 Å². The molecule has 0 amide bonds. The number of nitrogens with zero attached hydrogens (tertiary/aromatic N) is 1. The summed E-state index contributed by atoms with van der Waals surface area (Å²) >= 11 is 0. The van der Waals surface area contributed by atoms with Crippen molar-refractivity contribution in [2.24, 2.45) is 0 Å². The number of allylic oxidation sites excluding steroid dienone is 1. The molecule has 18 heavy (non-hydrogen) atoms. The average molecular weight is 246 g/mol. The molecule has 0 atom stereocenters. The van der Waals surface area contributed by atoms with Gasteiger partial charge in [0.05, 0.1) is 5.57 Å². The fourth-order valence-electron chi connectivity index (χ4n) is 1.40. The van der Waals surface area contributed by atoms with Gasteiger partial charge in [0.25, 0.3) is 0 Å². The van der Waals surface area contributed by atoms with Gasteiger partial charge in [-0.15, -0.1) is 0 Å². The van der Waals surface area contributed by atoms with Gasteiger partial charge in [-0.3, -0.25) is 9.59 Å². The Kier molecular flexibility index (Phi) is 5.24. The van der Waals surface area contributed by atoms with Crippen molar-refractivity contribution in [1.82, 2.24) is 4.98 Å². The molecule has 0 saturated heterocycles. The van der Waals surface area contributed by atoms with Gasteiger partial charge in [-0.2, -0.15) is 0 Å². The third kappa shape index (κ3) is 3.80. The summed E-state index contributed by atoms with van der Waals surface area (Å²) in [5, 5.41) is 2.89. The van der Waals surface area contributed by atoms with Crippen molar-refractivity contribution in [3.63, 3.8) is 0 Å². The summed E-state index contributed by atoms with van der Waals surface area (Å²) < 4.78 is 0. The first-order valence-corrected chi connectivity index (χ1v) is 6.04. The number of rotatable bonds is 6. The number of ketones is 2. The summed E-state index contributed by atoms with van der Waals surface area (Å²) in [4.78, 5) is 27.4. The van der Waals surface area contributed by atoms with Crippen LogP contribution in [0, 0.1) is 6.92 Å². The molecule has 1 N–H and O–H groups in total. The number of aromatic nitrogens is 1. The number of nitrogens with one attached hydrogen (secondary N) is 1. The Morgan fingerprint density at radius 3 is 2.28 bits per heavy atom. The summed E-state index contributed by atoms with van der Waals surface area (Å²) in [6, 6.07) is 3.71. The highest BCUT2D eigenvalue weighted by Crippen LogP contribution is 2.08. The van der Waals surface area contributed by atoms with E-state index in [1.54, 1.807) is 26.1 Å². The molecule has 1 rings (SSSR count). The van der Waals surface area contributed by atoms with Crippen LogP contribution < -0.4 is 5.32 Å². The lowest BCUT2D eigenvalue weighted by molar-refractivity contribution is -0.121. The Labute approximate surface area is 107 Å². The lowest BCUT2D eigenvalue weighted by Crippen LogP contribution is -2.13. The largest absolute Gasteiger partial charge is 0.346 e. The molecule has 0 aliphatic carbocycles. The second-order valence-corrected chi connectivity index (χ2v) is 3.98. The normalized spacial score (nSPS) is 9.72. The van der Waals surface area contributed by atoms with Gasteiger partial charge >= 0.3 is 0 Å². The molecule has 0 spiro atoms. The highest BCUT2D eigenvalue weighted by Gasteiger charge is 2.14. The molecule has 0 unspecified atom stereocenters. The number of carbonyl (C=O) groups is 2. The van der Waals surface area contributed by atoms with Crippen molar-refractivity contribution in [3.05, 3.63) is 35.7 Å². The van der Waals surface area contributed by atoms with Crippen molar-refractivity contribution < 1.29 is 9.59 Å². The highest BCUT2D eigenvalue weighted by molar-refractivity contribution is 6.20. The third-order valence-corrected chi connectivity index (χ3v) is 2.52. The fraction of sp³-hybridized carbons (Fsp3) is 0.357. The van der Waals surface area contributed by atoms with E-state index in [2.05, 4.69) is 10.3 Å². The van der Waals surface area contributed by atoms with Crippen molar-refractivity contribution >= 4 is 17.4 Å². The predicted molar refractivity (Wildman–Crippen MR) is 71.3 cm³/mol. The van der Waals surface area contributed by atoms with E-state index in [1.807, 2.05) is 13.0 Å². The molecule has 4 heteroatoms. The maximum Gasteiger partial charge on any atom is 0.167 e. The van der Waals surface area contributed by atoms with Gasteiger partial charge in [0.15, 0.2) is 11.6 Å². The molecule has 0 aliphatic heterocycles. The minimum absolute atomic E-state index is 0.151. The molecule has 0 aliphatic rings. The van der Waals surface area contributed by atoms with Gasteiger partial charge in [0, 0.05) is 25.2 Å². The Morgan fingerprint density at radius 1 is 1.22 bits per heavy atom. The van der Waals surface area contributed by atoms with E-state index in [0.29, 0.717) is 18.7 Å². The number of carbonyl (C=O) groups excluding carboxylic acids is 2. The van der Waals surface area contributed by atoms with Crippen molar-refractivity contribution in [1.29, 1.82) is 0 Å². The summed E-state index contributed by atoms with van der Waals surface area (Å²) in [5.74, 6) is 0.314. The summed E-state index contributed by atoms with van der Waals surface area (Å²) in [7, 11) is 0. The topological polar surface area (TPSA) is 59.1 Å². The van der Waals surface area contributed by atoms with Crippen molar-refractivity contribution in [2.45, 2.75) is 33.6 Å². The lowest BCUT2D eigenvalue weighted by Gasteiger charge is -2.04. The van der Waals surface area contributed by atoms with Gasteiger partial charge in [-0.05, 0) is 18.6 Å². The van der Waals surface area contributed by atoms with Crippen LogP contribution in [0.25, 0.3) is 0 Å². The Morgan fingerprint density at radius 2 is 1.83 bits per heavy atom. The van der Waals surface area contributed by atoms with Gasteiger partial charge in [-0.25, -0.2) is 4.98 Å². The van der Waals surface area contributed by atoms with Gasteiger partial charge in [-0.1, -0.05) is 19.9 Å². The number of pyridine rings is 1. The molecule has 1 heterocycles. The van der Waals surface area contributed by atoms with Gasteiger partial charge < -0.3 is 5.32 Å². The first-order valence-electron chi connectivity index (χ1n) is 6.04. The molecule has 0 saturated carbocycles. The number of Topliss-reactive ketones (excluding diaryl/α,β-unsaturated/α-hetero) is 2. The molecule has 1 aromatic heterocycles. The number of aryl methyl sites for hydroxylation is 1. The zero-order chi connectivity index (χ0) is 13.5. The van der Waals surface area contributed by atoms with Crippen LogP contribution in [-0.4, -0.2) is 16.6 Å². The van der Waals surface area contributed by atoms with E-state index in [0.717, 1.165) is 5.56 Å². The molecule has 0 aromatic carbocycles. The monoisotopic (exact) mass is 246 g/mol. The molecule has 96 valence electrons. The van der Waals surface area contributed by atoms with E-state index < -0.39 is 0 Å². The van der Waals surface area contributed by atoms with Gasteiger partial charge in [0.1, 0.15) is 5.82 Å². The standard InChI is InChI=1S/C14H18N2O2/c1-4-12(17)11(13(18)5-2)9-16-14-7-6-10(3)8-15-14/h6-9H,4-5H2,1-3H3,(H,15,16). The molecule has 0 bridgehead atoms. The lowest BCUT2D eigenvalue weighted by atomic mass is 10.0. The van der Waals surface area contributed by atoms with Crippen LogP contribution in [-0.2, 0) is 9.59 Å². The SMILES string of the molecule is CCC(=O)C(=CNc1ccc(C)cn1)C(=O)CC. The molecule has 0 radical (unpaired) electrons. The summed E-state index contributed by atoms with van der Waals surface area (Å²) in [5.41, 5.74) is 1.27. The molecule has 0 fully saturated rings. The van der Waals surface area contributed by atoms with E-state index in [4.69, 9.17) is 0 Å². The molecule has 1 aromatic rings. The zero-order valence-electron chi connectivity index (χ0n) is 11.0. The quantitative estimate of drug-likeness (QED) is 0.476. The molecular formula is C14H18N2O2. The molecule has 4 nitrogen and oxygen atoms in total. The Balaban J connectivity index is 2.86. The number of hydrogen-bond acceptors (Lipinski definition) is 4. The zero-order valence-corrected chi connectivity index (χ0v) is 11.0. The number of anilines is 1. The second kappa shape index (κ2) is 6.69. The Bertz CT molecular complexity index is 443. The van der Waals surface area contributed by atoms with Crippen LogP contribution in [0.4, 0.5) is 5.82 Å². The van der Waals surface area contributed by atoms with E-state index >= 15 is 0 Å². The highest BCUT2D eigenvalue weighted by atomic mass is 16.1.